The van der Waals surface area contributed by atoms with Gasteiger partial charge in [-0.15, -0.1) is 0 Å². The Kier molecular flexibility index (Phi) is 2.98. The molecule has 20 heavy (non-hydrogen) atoms. The number of benzene rings is 1. The molecule has 0 radical (unpaired) electrons. The molecule has 102 valence electrons. The molecule has 0 saturated heterocycles. The van der Waals surface area contributed by atoms with Crippen LogP contribution in [-0.4, -0.2) is 27.2 Å². The first-order valence-corrected chi connectivity index (χ1v) is 6.00. The SMILES string of the molecule is CN(c1ccnc(Cl)n1)c1n[nH]c2c(F)c(F)ccc12. The first-order chi connectivity index (χ1) is 9.58. The quantitative estimate of drug-likeness (QED) is 0.738. The van der Waals surface area contributed by atoms with E-state index in [2.05, 4.69) is 20.2 Å². The van der Waals surface area contributed by atoms with Gasteiger partial charge >= 0.3 is 0 Å². The number of H-pyrrole nitrogens is 1. The van der Waals surface area contributed by atoms with Crippen molar-refractivity contribution in [2.45, 2.75) is 0 Å². The van der Waals surface area contributed by atoms with Crippen molar-refractivity contribution >= 4 is 34.1 Å². The van der Waals surface area contributed by atoms with Crippen molar-refractivity contribution in [1.82, 2.24) is 20.2 Å². The topological polar surface area (TPSA) is 57.7 Å². The Balaban J connectivity index is 2.13. The molecule has 5 nitrogen and oxygen atoms in total. The molecule has 0 unspecified atom stereocenters. The third-order valence-electron chi connectivity index (χ3n) is 2.88. The van der Waals surface area contributed by atoms with Crippen LogP contribution in [0.2, 0.25) is 5.28 Å². The Bertz CT molecular complexity index is 789. The van der Waals surface area contributed by atoms with Crippen molar-refractivity contribution < 1.29 is 8.78 Å². The third-order valence-corrected chi connectivity index (χ3v) is 3.06. The van der Waals surface area contributed by atoms with E-state index in [-0.39, 0.29) is 10.8 Å². The number of nitrogens with one attached hydrogen (secondary N) is 1. The summed E-state index contributed by atoms with van der Waals surface area (Å²) in [6, 6.07) is 4.13. The number of rotatable bonds is 2. The van der Waals surface area contributed by atoms with E-state index in [9.17, 15) is 8.78 Å². The minimum Gasteiger partial charge on any atom is -0.312 e. The van der Waals surface area contributed by atoms with E-state index < -0.39 is 11.6 Å². The van der Waals surface area contributed by atoms with Crippen molar-refractivity contribution in [1.29, 1.82) is 0 Å². The number of halogens is 3. The molecule has 0 spiro atoms. The van der Waals surface area contributed by atoms with Gasteiger partial charge in [-0.25, -0.2) is 18.7 Å². The normalized spacial score (nSPS) is 11.0. The van der Waals surface area contributed by atoms with Gasteiger partial charge in [0.25, 0.3) is 0 Å². The van der Waals surface area contributed by atoms with E-state index in [1.54, 1.807) is 18.0 Å². The fraction of sp³-hybridized carbons (Fsp3) is 0.0833. The molecular formula is C12H8ClF2N5. The predicted octanol–water partition coefficient (Wildman–Crippen LogP) is 3.05. The third kappa shape index (κ3) is 1.96. The summed E-state index contributed by atoms with van der Waals surface area (Å²) >= 11 is 5.73. The Morgan fingerprint density at radius 3 is 2.80 bits per heavy atom. The fourth-order valence-corrected chi connectivity index (χ4v) is 2.04. The number of fused-ring (bicyclic) bond motifs is 1. The Morgan fingerprint density at radius 1 is 1.25 bits per heavy atom. The Morgan fingerprint density at radius 2 is 2.05 bits per heavy atom. The van der Waals surface area contributed by atoms with Crippen LogP contribution in [0.4, 0.5) is 20.4 Å². The summed E-state index contributed by atoms with van der Waals surface area (Å²) in [6.07, 6.45) is 1.50. The number of aromatic nitrogens is 4. The van der Waals surface area contributed by atoms with Crippen molar-refractivity contribution in [3.63, 3.8) is 0 Å². The van der Waals surface area contributed by atoms with Gasteiger partial charge in [0.15, 0.2) is 17.5 Å². The first-order valence-electron chi connectivity index (χ1n) is 5.62. The molecule has 0 atom stereocenters. The van der Waals surface area contributed by atoms with Crippen molar-refractivity contribution in [3.8, 4) is 0 Å². The summed E-state index contributed by atoms with van der Waals surface area (Å²) in [4.78, 5) is 9.42. The van der Waals surface area contributed by atoms with E-state index in [1.807, 2.05) is 0 Å². The Hall–Kier alpha value is -2.28. The molecule has 2 heterocycles. The Labute approximate surface area is 117 Å². The maximum atomic E-state index is 13.6. The standard InChI is InChI=1S/C12H8ClF2N5/c1-20(8-4-5-16-12(13)17-8)11-6-2-3-7(14)9(15)10(6)18-19-11/h2-5H,1H3,(H,18,19). The average molecular weight is 296 g/mol. The maximum absolute atomic E-state index is 13.6. The molecule has 3 aromatic rings. The van der Waals surface area contributed by atoms with E-state index in [1.165, 1.54) is 12.3 Å². The lowest BCUT2D eigenvalue weighted by molar-refractivity contribution is 0.515. The lowest BCUT2D eigenvalue weighted by Gasteiger charge is -2.15. The molecule has 0 fully saturated rings. The molecule has 0 aliphatic heterocycles. The summed E-state index contributed by atoms with van der Waals surface area (Å²) in [6.45, 7) is 0. The lowest BCUT2D eigenvalue weighted by Crippen LogP contribution is -2.12. The van der Waals surface area contributed by atoms with Gasteiger partial charge < -0.3 is 4.90 Å². The van der Waals surface area contributed by atoms with E-state index >= 15 is 0 Å². The van der Waals surface area contributed by atoms with Crippen molar-refractivity contribution in [3.05, 3.63) is 41.3 Å². The molecule has 3 rings (SSSR count). The minimum absolute atomic E-state index is 0.00648. The molecule has 0 bridgehead atoms. The van der Waals surface area contributed by atoms with E-state index in [4.69, 9.17) is 11.6 Å². The van der Waals surface area contributed by atoms with E-state index in [0.717, 1.165) is 6.07 Å². The number of anilines is 2. The zero-order valence-corrected chi connectivity index (χ0v) is 11.0. The summed E-state index contributed by atoms with van der Waals surface area (Å²) in [5, 5.41) is 7.01. The molecule has 0 aliphatic carbocycles. The van der Waals surface area contributed by atoms with Crippen LogP contribution in [-0.2, 0) is 0 Å². The monoisotopic (exact) mass is 295 g/mol. The highest BCUT2D eigenvalue weighted by atomic mass is 35.5. The van der Waals surface area contributed by atoms with Gasteiger partial charge in [-0.05, 0) is 29.8 Å². The van der Waals surface area contributed by atoms with Crippen molar-refractivity contribution in [2.24, 2.45) is 0 Å². The van der Waals surface area contributed by atoms with Crippen LogP contribution in [0, 0.1) is 11.6 Å². The summed E-state index contributed by atoms with van der Waals surface area (Å²) in [7, 11) is 1.69. The molecule has 0 amide bonds. The van der Waals surface area contributed by atoms with Gasteiger partial charge in [-0.2, -0.15) is 5.10 Å². The maximum Gasteiger partial charge on any atom is 0.224 e. The van der Waals surface area contributed by atoms with Crippen molar-refractivity contribution in [2.75, 3.05) is 11.9 Å². The van der Waals surface area contributed by atoms with Crippen LogP contribution >= 0.6 is 11.6 Å². The smallest absolute Gasteiger partial charge is 0.224 e. The molecule has 1 aromatic carbocycles. The van der Waals surface area contributed by atoms with Gasteiger partial charge in [0.05, 0.1) is 0 Å². The molecule has 1 N–H and O–H groups in total. The average Bonchev–Trinajstić information content (AvgIpc) is 2.86. The molecule has 2 aromatic heterocycles. The predicted molar refractivity (Wildman–Crippen MR) is 71.1 cm³/mol. The fourth-order valence-electron chi connectivity index (χ4n) is 1.89. The second-order valence-corrected chi connectivity index (χ2v) is 4.41. The highest BCUT2D eigenvalue weighted by Gasteiger charge is 2.17. The van der Waals surface area contributed by atoms with Crippen LogP contribution < -0.4 is 4.90 Å². The first kappa shape index (κ1) is 12.7. The zero-order chi connectivity index (χ0) is 14.3. The van der Waals surface area contributed by atoms with Crippen LogP contribution in [0.5, 0.6) is 0 Å². The van der Waals surface area contributed by atoms with Crippen LogP contribution in [0.1, 0.15) is 0 Å². The second kappa shape index (κ2) is 4.68. The van der Waals surface area contributed by atoms with Crippen LogP contribution in [0.25, 0.3) is 10.9 Å². The summed E-state index contributed by atoms with van der Waals surface area (Å²) in [5.74, 6) is -0.993. The van der Waals surface area contributed by atoms with E-state index in [0.29, 0.717) is 17.0 Å². The van der Waals surface area contributed by atoms with Gasteiger partial charge in [0, 0.05) is 18.6 Å². The molecule has 0 saturated carbocycles. The highest BCUT2D eigenvalue weighted by Crippen LogP contribution is 2.29. The van der Waals surface area contributed by atoms with Crippen LogP contribution in [0.3, 0.4) is 0 Å². The second-order valence-electron chi connectivity index (χ2n) is 4.07. The summed E-state index contributed by atoms with van der Waals surface area (Å²) < 4.78 is 26.8. The number of nitrogens with zero attached hydrogens (tertiary/aromatic N) is 4. The van der Waals surface area contributed by atoms with Crippen LogP contribution in [0.15, 0.2) is 24.4 Å². The number of hydrogen-bond acceptors (Lipinski definition) is 4. The van der Waals surface area contributed by atoms with Gasteiger partial charge in [-0.1, -0.05) is 0 Å². The molecule has 0 aliphatic rings. The number of aromatic amines is 1. The lowest BCUT2D eigenvalue weighted by atomic mass is 10.2. The summed E-state index contributed by atoms with van der Waals surface area (Å²) in [5.41, 5.74) is 0.00648. The molecular weight excluding hydrogens is 288 g/mol. The van der Waals surface area contributed by atoms with Gasteiger partial charge in [0.1, 0.15) is 11.3 Å². The van der Waals surface area contributed by atoms with Gasteiger partial charge in [-0.3, -0.25) is 5.10 Å². The largest absolute Gasteiger partial charge is 0.312 e. The van der Waals surface area contributed by atoms with Gasteiger partial charge in [0.2, 0.25) is 5.28 Å². The zero-order valence-electron chi connectivity index (χ0n) is 10.2. The highest BCUT2D eigenvalue weighted by molar-refractivity contribution is 6.28. The molecule has 8 heteroatoms. The number of hydrogen-bond donors (Lipinski definition) is 1. The minimum atomic E-state index is -0.963.